The lowest BCUT2D eigenvalue weighted by atomic mass is 9.85. The van der Waals surface area contributed by atoms with Crippen LogP contribution in [0.15, 0.2) is 23.8 Å². The van der Waals surface area contributed by atoms with Crippen LogP contribution in [0.2, 0.25) is 0 Å². The maximum absolute atomic E-state index is 12.9. The number of carboxylic acids is 1. The molecule has 1 amide bonds. The number of likely N-dealkylation sites (tertiary alicyclic amines) is 1. The first-order valence-electron chi connectivity index (χ1n) is 15.0. The van der Waals surface area contributed by atoms with E-state index in [1.165, 1.54) is 0 Å². The number of methoxy groups -OCH3 is 1. The molecule has 0 spiro atoms. The van der Waals surface area contributed by atoms with Crippen molar-refractivity contribution < 1.29 is 41.6 Å². The predicted octanol–water partition coefficient (Wildman–Crippen LogP) is 4.26. The maximum Gasteiger partial charge on any atom is 0.410 e. The molecule has 0 aromatic heterocycles. The van der Waals surface area contributed by atoms with E-state index in [0.717, 1.165) is 18.4 Å². The topological polar surface area (TPSA) is 130 Å². The number of aliphatic carboxylic acids is 1. The zero-order valence-corrected chi connectivity index (χ0v) is 26.0. The molecule has 41 heavy (non-hydrogen) atoms. The standard InChI is InChI=1S/C31H52N2O8.2H2/c1-18(16-31(6)29(41-31)21(4)28(38-8)22(5)34)10-9-11-19(2)27-20(3)25(14-24(39-27)15-26(35)36)40-30(37)33-13-12-23(17-33)32-7;;/h9-11,18,20-25,27-29,32,34H,12-17H2,1-8H3,(H,35,36);2*1H/b10-9+,19-11+;;/t18-,20+,21-,22-,23?,24-,25-,27-,28-,29-,31-;;/m1../s1. The summed E-state index contributed by atoms with van der Waals surface area (Å²) in [6.45, 7) is 13.3. The first-order chi connectivity index (χ1) is 19.3. The molecule has 0 aliphatic carbocycles. The van der Waals surface area contributed by atoms with Crippen molar-refractivity contribution in [2.24, 2.45) is 17.8 Å². The molecule has 0 aromatic rings. The van der Waals surface area contributed by atoms with Gasteiger partial charge in [-0.05, 0) is 52.2 Å². The average Bonchev–Trinajstić information content (AvgIpc) is 3.31. The van der Waals surface area contributed by atoms with Crippen LogP contribution in [0, 0.1) is 17.8 Å². The van der Waals surface area contributed by atoms with Crippen LogP contribution in [0.5, 0.6) is 0 Å². The minimum Gasteiger partial charge on any atom is -0.481 e. The van der Waals surface area contributed by atoms with Crippen LogP contribution in [-0.4, -0.2) is 103 Å². The molecular formula is C31H56N2O8. The van der Waals surface area contributed by atoms with E-state index in [2.05, 4.69) is 32.2 Å². The van der Waals surface area contributed by atoms with Crippen LogP contribution < -0.4 is 5.32 Å². The minimum atomic E-state index is -0.936. The number of allylic oxidation sites excluding steroid dienone is 3. The summed E-state index contributed by atoms with van der Waals surface area (Å²) >= 11 is 0. The third-order valence-corrected chi connectivity index (χ3v) is 9.07. The van der Waals surface area contributed by atoms with Crippen molar-refractivity contribution in [3.8, 4) is 0 Å². The molecule has 11 atom stereocenters. The Kier molecular flexibility index (Phi) is 11.8. The molecule has 3 N–H and O–H groups in total. The third-order valence-electron chi connectivity index (χ3n) is 9.07. The van der Waals surface area contributed by atoms with Gasteiger partial charge in [-0.2, -0.15) is 0 Å². The van der Waals surface area contributed by atoms with Crippen molar-refractivity contribution in [3.05, 3.63) is 23.8 Å². The van der Waals surface area contributed by atoms with Gasteiger partial charge in [0.15, 0.2) is 0 Å². The molecule has 1 unspecified atom stereocenters. The summed E-state index contributed by atoms with van der Waals surface area (Å²) < 4.78 is 23.8. The van der Waals surface area contributed by atoms with E-state index in [4.69, 9.17) is 18.9 Å². The summed E-state index contributed by atoms with van der Waals surface area (Å²) in [6, 6.07) is 0.261. The SMILES string of the molecule is CNC1CCN(C(=O)O[C@@H]2C[C@H](CC(=O)O)O[C@H](/C(C)=C/C=C/[C@@H](C)C[C@@]3(C)O[C@@H]3[C@H](C)[C@@H](OC)[C@@H](C)O)[C@H]2C)C1.[HH].[HH]. The third kappa shape index (κ3) is 8.76. The van der Waals surface area contributed by atoms with Gasteiger partial charge in [0.25, 0.3) is 0 Å². The number of amides is 1. The fraction of sp³-hybridized carbons (Fsp3) is 0.806. The summed E-state index contributed by atoms with van der Waals surface area (Å²) in [7, 11) is 3.51. The highest BCUT2D eigenvalue weighted by atomic mass is 16.6. The van der Waals surface area contributed by atoms with E-state index in [-0.39, 0.29) is 63.1 Å². The summed E-state index contributed by atoms with van der Waals surface area (Å²) in [6.07, 6.45) is 5.58. The lowest BCUT2D eigenvalue weighted by molar-refractivity contribution is -0.151. The highest BCUT2D eigenvalue weighted by Gasteiger charge is 2.56. The molecule has 10 heteroatoms. The Morgan fingerprint density at radius 2 is 2.00 bits per heavy atom. The number of nitrogens with one attached hydrogen (secondary N) is 1. The zero-order valence-electron chi connectivity index (χ0n) is 26.0. The van der Waals surface area contributed by atoms with Gasteiger partial charge in [-0.1, -0.05) is 39.0 Å². The number of carboxylic acid groups (broad SMARTS) is 1. The second-order valence-corrected chi connectivity index (χ2v) is 12.6. The van der Waals surface area contributed by atoms with E-state index in [1.54, 1.807) is 18.9 Å². The van der Waals surface area contributed by atoms with Crippen molar-refractivity contribution >= 4 is 12.1 Å². The summed E-state index contributed by atoms with van der Waals surface area (Å²) in [5.41, 5.74) is 0.687. The minimum absolute atomic E-state index is 0. The molecule has 3 rings (SSSR count). The molecule has 0 saturated carbocycles. The number of rotatable bonds is 13. The Morgan fingerprint density at radius 3 is 2.59 bits per heavy atom. The summed E-state index contributed by atoms with van der Waals surface area (Å²) in [5, 5.41) is 22.6. The number of likely N-dealkylation sites (N-methyl/N-ethyl adjacent to an activating group) is 1. The number of epoxide rings is 1. The molecule has 10 nitrogen and oxygen atoms in total. The first-order valence-corrected chi connectivity index (χ1v) is 15.0. The molecule has 0 aromatic carbocycles. The molecule has 0 radical (unpaired) electrons. The van der Waals surface area contributed by atoms with Crippen molar-refractivity contribution in [1.29, 1.82) is 0 Å². The van der Waals surface area contributed by atoms with Gasteiger partial charge in [-0.3, -0.25) is 4.79 Å². The molecule has 3 heterocycles. The molecule has 0 bridgehead atoms. The molecule has 238 valence electrons. The average molecular weight is 585 g/mol. The fourth-order valence-electron chi connectivity index (χ4n) is 6.73. The van der Waals surface area contributed by atoms with Gasteiger partial charge in [0, 0.05) is 47.4 Å². The van der Waals surface area contributed by atoms with Gasteiger partial charge in [0.2, 0.25) is 0 Å². The number of aliphatic hydroxyl groups is 1. The Morgan fingerprint density at radius 1 is 1.29 bits per heavy atom. The molecule has 3 saturated heterocycles. The molecule has 3 aliphatic rings. The van der Waals surface area contributed by atoms with Crippen LogP contribution in [0.3, 0.4) is 0 Å². The Hall–Kier alpha value is -1.98. The number of carbonyl (C=O) groups is 2. The van der Waals surface area contributed by atoms with Gasteiger partial charge in [0.05, 0.1) is 42.5 Å². The Labute approximate surface area is 248 Å². The van der Waals surface area contributed by atoms with E-state index < -0.39 is 24.3 Å². The summed E-state index contributed by atoms with van der Waals surface area (Å²) in [4.78, 5) is 26.1. The van der Waals surface area contributed by atoms with Gasteiger partial charge in [0.1, 0.15) is 6.10 Å². The van der Waals surface area contributed by atoms with Crippen LogP contribution in [-0.2, 0) is 23.7 Å². The number of aliphatic hydroxyl groups excluding tert-OH is 1. The fourth-order valence-corrected chi connectivity index (χ4v) is 6.73. The van der Waals surface area contributed by atoms with Crippen LogP contribution >= 0.6 is 0 Å². The lowest BCUT2D eigenvalue weighted by Gasteiger charge is -2.40. The highest BCUT2D eigenvalue weighted by Crippen LogP contribution is 2.47. The van der Waals surface area contributed by atoms with Gasteiger partial charge < -0.3 is 39.4 Å². The smallest absolute Gasteiger partial charge is 0.410 e. The maximum atomic E-state index is 12.9. The Bertz CT molecular complexity index is 966. The molecule has 3 fully saturated rings. The Balaban J connectivity index is 0.00000462. The van der Waals surface area contributed by atoms with E-state index in [1.807, 2.05) is 33.0 Å². The molecular weight excluding hydrogens is 528 g/mol. The van der Waals surface area contributed by atoms with Crippen molar-refractivity contribution in [1.82, 2.24) is 10.2 Å². The van der Waals surface area contributed by atoms with Gasteiger partial charge in [-0.25, -0.2) is 4.79 Å². The number of carbonyl (C=O) groups excluding carboxylic acids is 1. The number of nitrogens with zero attached hydrogens (tertiary/aromatic N) is 1. The van der Waals surface area contributed by atoms with Crippen LogP contribution in [0.1, 0.15) is 70.1 Å². The normalized spacial score (nSPS) is 35.2. The number of hydrogen-bond donors (Lipinski definition) is 3. The largest absolute Gasteiger partial charge is 0.481 e. The number of ether oxygens (including phenoxy) is 4. The second-order valence-electron chi connectivity index (χ2n) is 12.6. The quantitative estimate of drug-likeness (QED) is 0.215. The van der Waals surface area contributed by atoms with E-state index in [0.29, 0.717) is 19.5 Å². The van der Waals surface area contributed by atoms with Gasteiger partial charge >= 0.3 is 12.1 Å². The summed E-state index contributed by atoms with van der Waals surface area (Å²) in [5.74, 6) is -0.746. The number of hydrogen-bond acceptors (Lipinski definition) is 8. The lowest BCUT2D eigenvalue weighted by Crippen LogP contribution is -2.47. The predicted molar refractivity (Wildman–Crippen MR) is 160 cm³/mol. The van der Waals surface area contributed by atoms with Crippen LogP contribution in [0.4, 0.5) is 4.79 Å². The van der Waals surface area contributed by atoms with Crippen molar-refractivity contribution in [2.45, 2.75) is 115 Å². The zero-order chi connectivity index (χ0) is 30.5. The van der Waals surface area contributed by atoms with Gasteiger partial charge in [-0.15, -0.1) is 0 Å². The van der Waals surface area contributed by atoms with Crippen molar-refractivity contribution in [2.75, 3.05) is 27.2 Å². The first kappa shape index (κ1) is 33.5. The van der Waals surface area contributed by atoms with Crippen molar-refractivity contribution in [3.63, 3.8) is 0 Å². The van der Waals surface area contributed by atoms with Crippen LogP contribution in [0.25, 0.3) is 0 Å². The second kappa shape index (κ2) is 14.5. The van der Waals surface area contributed by atoms with E-state index >= 15 is 0 Å². The highest BCUT2D eigenvalue weighted by molar-refractivity contribution is 5.68. The monoisotopic (exact) mass is 584 g/mol. The van der Waals surface area contributed by atoms with E-state index in [9.17, 15) is 19.8 Å². The molecule has 3 aliphatic heterocycles.